The Labute approximate surface area is 164 Å². The molecule has 1 amide bonds. The number of ether oxygens (including phenoxy) is 2. The van der Waals surface area contributed by atoms with Crippen LogP contribution in [-0.2, 0) is 4.79 Å². The van der Waals surface area contributed by atoms with E-state index >= 15 is 0 Å². The Morgan fingerprint density at radius 1 is 1.04 bits per heavy atom. The lowest BCUT2D eigenvalue weighted by molar-refractivity contribution is -0.138. The Morgan fingerprint density at radius 3 is 2.39 bits per heavy atom. The van der Waals surface area contributed by atoms with Gasteiger partial charge in [-0.15, -0.1) is 0 Å². The van der Waals surface area contributed by atoms with Gasteiger partial charge in [-0.1, -0.05) is 32.0 Å². The summed E-state index contributed by atoms with van der Waals surface area (Å²) in [6, 6.07) is 12.3. The molecule has 148 valence electrons. The van der Waals surface area contributed by atoms with Crippen LogP contribution in [0.3, 0.4) is 0 Å². The summed E-state index contributed by atoms with van der Waals surface area (Å²) in [5, 5.41) is 9.52. The number of carbonyl (C=O) groups excluding carboxylic acids is 1. The molecule has 28 heavy (non-hydrogen) atoms. The summed E-state index contributed by atoms with van der Waals surface area (Å²) in [5.41, 5.74) is 1.74. The van der Waals surface area contributed by atoms with Gasteiger partial charge in [-0.05, 0) is 42.7 Å². The number of hydrogen-bond acceptors (Lipinski definition) is 4. The molecule has 0 saturated carbocycles. The third kappa shape index (κ3) is 3.96. The van der Waals surface area contributed by atoms with Crippen LogP contribution in [0.2, 0.25) is 0 Å². The highest BCUT2D eigenvalue weighted by molar-refractivity contribution is 6.09. The monoisotopic (exact) mass is 383 g/mol. The van der Waals surface area contributed by atoms with Crippen molar-refractivity contribution in [3.05, 3.63) is 53.6 Å². The molecule has 0 fully saturated rings. The van der Waals surface area contributed by atoms with Crippen LogP contribution in [0.15, 0.2) is 42.5 Å². The average molecular weight is 383 g/mol. The molecule has 1 unspecified atom stereocenters. The first-order chi connectivity index (χ1) is 13.6. The van der Waals surface area contributed by atoms with E-state index in [0.29, 0.717) is 41.5 Å². The molecule has 6 heteroatoms. The van der Waals surface area contributed by atoms with E-state index in [1.807, 2.05) is 13.8 Å². The first-order valence-electron chi connectivity index (χ1n) is 9.60. The maximum atomic E-state index is 13.2. The largest absolute Gasteiger partial charge is 0.490 e. The minimum atomic E-state index is -0.932. The van der Waals surface area contributed by atoms with E-state index in [1.54, 1.807) is 42.5 Å². The SMILES string of the molecule is CCCOc1ccc(C(=O)N2CC(C(=O)O)c3ccccc32)cc1OCCC. The molecule has 1 aliphatic heterocycles. The fourth-order valence-electron chi connectivity index (χ4n) is 3.26. The maximum Gasteiger partial charge on any atom is 0.312 e. The number of carbonyl (C=O) groups is 2. The molecule has 0 radical (unpaired) electrons. The van der Waals surface area contributed by atoms with E-state index < -0.39 is 11.9 Å². The highest BCUT2D eigenvalue weighted by atomic mass is 16.5. The van der Waals surface area contributed by atoms with Crippen molar-refractivity contribution in [2.45, 2.75) is 32.6 Å². The Hall–Kier alpha value is -3.02. The minimum absolute atomic E-state index is 0.118. The van der Waals surface area contributed by atoms with Crippen molar-refractivity contribution >= 4 is 17.6 Å². The Balaban J connectivity index is 1.91. The van der Waals surface area contributed by atoms with Crippen molar-refractivity contribution in [3.63, 3.8) is 0 Å². The fourth-order valence-corrected chi connectivity index (χ4v) is 3.26. The summed E-state index contributed by atoms with van der Waals surface area (Å²) in [4.78, 5) is 26.3. The van der Waals surface area contributed by atoms with Crippen LogP contribution in [0.5, 0.6) is 11.5 Å². The number of hydrogen-bond donors (Lipinski definition) is 1. The minimum Gasteiger partial charge on any atom is -0.490 e. The lowest BCUT2D eigenvalue weighted by Crippen LogP contribution is -2.31. The lowest BCUT2D eigenvalue weighted by Gasteiger charge is -2.19. The molecule has 0 saturated heterocycles. The van der Waals surface area contributed by atoms with Gasteiger partial charge in [-0.3, -0.25) is 9.59 Å². The summed E-state index contributed by atoms with van der Waals surface area (Å²) in [6.07, 6.45) is 1.71. The Kier molecular flexibility index (Phi) is 6.19. The standard InChI is InChI=1S/C22H25NO5/c1-3-11-27-19-10-9-15(13-20(19)28-12-4-2)21(24)23-14-17(22(25)26)16-7-5-6-8-18(16)23/h5-10,13,17H,3-4,11-12,14H2,1-2H3,(H,25,26). The molecule has 1 atom stereocenters. The van der Waals surface area contributed by atoms with Crippen molar-refractivity contribution in [1.82, 2.24) is 0 Å². The van der Waals surface area contributed by atoms with Crippen LogP contribution >= 0.6 is 0 Å². The van der Waals surface area contributed by atoms with Gasteiger partial charge < -0.3 is 19.5 Å². The zero-order valence-corrected chi connectivity index (χ0v) is 16.2. The second kappa shape index (κ2) is 8.78. The van der Waals surface area contributed by atoms with Crippen LogP contribution in [0.1, 0.15) is 48.5 Å². The maximum absolute atomic E-state index is 13.2. The molecule has 1 heterocycles. The summed E-state index contributed by atoms with van der Waals surface area (Å²) >= 11 is 0. The third-order valence-corrected chi connectivity index (χ3v) is 4.63. The highest BCUT2D eigenvalue weighted by Gasteiger charge is 2.36. The number of benzene rings is 2. The molecule has 1 aliphatic rings. The van der Waals surface area contributed by atoms with E-state index in [0.717, 1.165) is 12.8 Å². The molecule has 2 aromatic rings. The van der Waals surface area contributed by atoms with E-state index in [1.165, 1.54) is 4.90 Å². The van der Waals surface area contributed by atoms with Gasteiger partial charge in [0.05, 0.1) is 13.2 Å². The summed E-state index contributed by atoms with van der Waals surface area (Å²) in [6.45, 7) is 5.24. The predicted molar refractivity (Wildman–Crippen MR) is 107 cm³/mol. The quantitative estimate of drug-likeness (QED) is 0.743. The summed E-state index contributed by atoms with van der Waals surface area (Å²) in [7, 11) is 0. The summed E-state index contributed by atoms with van der Waals surface area (Å²) < 4.78 is 11.5. The third-order valence-electron chi connectivity index (χ3n) is 4.63. The van der Waals surface area contributed by atoms with Gasteiger partial charge in [0.25, 0.3) is 5.91 Å². The Morgan fingerprint density at radius 2 is 1.71 bits per heavy atom. The first kappa shape index (κ1) is 19.7. The number of para-hydroxylation sites is 1. The van der Waals surface area contributed by atoms with Crippen molar-refractivity contribution in [2.24, 2.45) is 0 Å². The number of carboxylic acid groups (broad SMARTS) is 1. The number of nitrogens with zero attached hydrogens (tertiary/aromatic N) is 1. The number of aliphatic carboxylic acids is 1. The van der Waals surface area contributed by atoms with Gasteiger partial charge >= 0.3 is 5.97 Å². The van der Waals surface area contributed by atoms with Crippen LogP contribution in [0.25, 0.3) is 0 Å². The number of carboxylic acids is 1. The highest BCUT2D eigenvalue weighted by Crippen LogP contribution is 2.38. The molecule has 0 aromatic heterocycles. The number of fused-ring (bicyclic) bond motifs is 1. The topological polar surface area (TPSA) is 76.1 Å². The molecule has 6 nitrogen and oxygen atoms in total. The van der Waals surface area contributed by atoms with E-state index in [2.05, 4.69) is 0 Å². The van der Waals surface area contributed by atoms with Gasteiger partial charge in [0, 0.05) is 17.8 Å². The van der Waals surface area contributed by atoms with E-state index in [4.69, 9.17) is 9.47 Å². The van der Waals surface area contributed by atoms with Gasteiger partial charge in [0.2, 0.25) is 0 Å². The smallest absolute Gasteiger partial charge is 0.312 e. The van der Waals surface area contributed by atoms with Crippen molar-refractivity contribution in [1.29, 1.82) is 0 Å². The summed E-state index contributed by atoms with van der Waals surface area (Å²) in [5.74, 6) is -0.763. The zero-order valence-electron chi connectivity index (χ0n) is 16.2. The molecule has 0 aliphatic carbocycles. The molecular weight excluding hydrogens is 358 g/mol. The lowest BCUT2D eigenvalue weighted by atomic mass is 10.0. The molecule has 2 aromatic carbocycles. The van der Waals surface area contributed by atoms with Crippen molar-refractivity contribution in [3.8, 4) is 11.5 Å². The number of anilines is 1. The molecule has 3 rings (SSSR count). The molecular formula is C22H25NO5. The second-order valence-electron chi connectivity index (χ2n) is 6.72. The van der Waals surface area contributed by atoms with Crippen molar-refractivity contribution in [2.75, 3.05) is 24.7 Å². The van der Waals surface area contributed by atoms with Crippen LogP contribution in [0.4, 0.5) is 5.69 Å². The second-order valence-corrected chi connectivity index (χ2v) is 6.72. The first-order valence-corrected chi connectivity index (χ1v) is 9.60. The van der Waals surface area contributed by atoms with Crippen LogP contribution in [0, 0.1) is 0 Å². The molecule has 1 N–H and O–H groups in total. The van der Waals surface area contributed by atoms with Crippen LogP contribution in [-0.4, -0.2) is 36.7 Å². The zero-order chi connectivity index (χ0) is 20.1. The Bertz CT molecular complexity index is 864. The van der Waals surface area contributed by atoms with Gasteiger partial charge in [-0.2, -0.15) is 0 Å². The molecule has 0 bridgehead atoms. The number of rotatable bonds is 8. The number of amides is 1. The van der Waals surface area contributed by atoms with Gasteiger partial charge in [-0.25, -0.2) is 0 Å². The van der Waals surface area contributed by atoms with Gasteiger partial charge in [0.15, 0.2) is 11.5 Å². The average Bonchev–Trinajstić information content (AvgIpc) is 3.10. The fraction of sp³-hybridized carbons (Fsp3) is 0.364. The normalized spacial score (nSPS) is 15.2. The van der Waals surface area contributed by atoms with Crippen LogP contribution < -0.4 is 14.4 Å². The molecule has 0 spiro atoms. The van der Waals surface area contributed by atoms with E-state index in [9.17, 15) is 14.7 Å². The predicted octanol–water partition coefficient (Wildman–Crippen LogP) is 4.09. The van der Waals surface area contributed by atoms with Gasteiger partial charge in [0.1, 0.15) is 5.92 Å². The van der Waals surface area contributed by atoms with E-state index in [-0.39, 0.29) is 12.5 Å². The van der Waals surface area contributed by atoms with Crippen molar-refractivity contribution < 1.29 is 24.2 Å².